The molecule has 2 nitrogen and oxygen atoms in total. The fourth-order valence-electron chi connectivity index (χ4n) is 9.15. The molecule has 1 spiro atoms. The minimum atomic E-state index is -0.568. The van der Waals surface area contributed by atoms with E-state index in [2.05, 4.69) is 187 Å². The van der Waals surface area contributed by atoms with Crippen molar-refractivity contribution in [3.05, 3.63) is 216 Å². The fraction of sp³-hybridized carbons (Fsp3) is 0.0196. The number of rotatable bonds is 3. The number of nitrogens with zero attached hydrogens (tertiary/aromatic N) is 1. The highest BCUT2D eigenvalue weighted by Gasteiger charge is 2.52. The Bertz CT molecular complexity index is 2740. The number of hydrogen-bond donors (Lipinski definition) is 1. The van der Waals surface area contributed by atoms with E-state index >= 15 is 0 Å². The molecular formula is C51H34N2. The van der Waals surface area contributed by atoms with Gasteiger partial charge in [-0.3, -0.25) is 0 Å². The largest absolute Gasteiger partial charge is 0.399 e. The molecule has 0 unspecified atom stereocenters. The molecule has 2 heteroatoms. The van der Waals surface area contributed by atoms with Crippen LogP contribution < -0.4 is 10.6 Å². The Morgan fingerprint density at radius 1 is 0.340 bits per heavy atom. The molecule has 2 aliphatic rings. The van der Waals surface area contributed by atoms with Gasteiger partial charge in [-0.1, -0.05) is 133 Å². The van der Waals surface area contributed by atoms with Gasteiger partial charge >= 0.3 is 0 Å². The number of anilines is 4. The van der Waals surface area contributed by atoms with Crippen molar-refractivity contribution in [1.82, 2.24) is 0 Å². The van der Waals surface area contributed by atoms with Crippen molar-refractivity contribution in [2.75, 3.05) is 10.6 Å². The molecule has 0 radical (unpaired) electrons. The Kier molecular flexibility index (Phi) is 6.35. The SMILES string of the molecule is Nc1ccc(N2c3ccccc3C3(c4cc(-c5ccc6ccccc6c5)ccc4-c4ccc(-c5ccc6ccccc6c5)cc43)c3ccccc32)cc1. The molecule has 0 saturated heterocycles. The molecule has 2 N–H and O–H groups in total. The summed E-state index contributed by atoms with van der Waals surface area (Å²) in [5.74, 6) is 0. The first-order valence-corrected chi connectivity index (χ1v) is 18.3. The lowest BCUT2D eigenvalue weighted by Crippen LogP contribution is -2.36. The van der Waals surface area contributed by atoms with Crippen molar-refractivity contribution < 1.29 is 0 Å². The molecule has 0 atom stereocenters. The smallest absolute Gasteiger partial charge is 0.0754 e. The predicted molar refractivity (Wildman–Crippen MR) is 222 cm³/mol. The number of para-hydroxylation sites is 2. The van der Waals surface area contributed by atoms with Crippen LogP contribution in [0.3, 0.4) is 0 Å². The molecule has 1 aliphatic heterocycles. The molecule has 9 aromatic rings. The molecule has 0 aromatic heterocycles. The fourth-order valence-corrected chi connectivity index (χ4v) is 9.15. The van der Waals surface area contributed by atoms with E-state index in [0.717, 1.165) is 11.4 Å². The van der Waals surface area contributed by atoms with Gasteiger partial charge in [0.2, 0.25) is 0 Å². The van der Waals surface area contributed by atoms with Crippen LogP contribution in [0, 0.1) is 0 Å². The van der Waals surface area contributed by atoms with Crippen LogP contribution in [0.1, 0.15) is 22.3 Å². The molecule has 0 amide bonds. The van der Waals surface area contributed by atoms with Gasteiger partial charge in [0, 0.05) is 11.4 Å². The van der Waals surface area contributed by atoms with Gasteiger partial charge < -0.3 is 10.6 Å². The van der Waals surface area contributed by atoms with Crippen molar-refractivity contribution in [1.29, 1.82) is 0 Å². The van der Waals surface area contributed by atoms with E-state index in [4.69, 9.17) is 5.73 Å². The summed E-state index contributed by atoms with van der Waals surface area (Å²) in [7, 11) is 0. The van der Waals surface area contributed by atoms with Crippen LogP contribution in [0.4, 0.5) is 22.7 Å². The minimum absolute atomic E-state index is 0.568. The van der Waals surface area contributed by atoms with Crippen LogP contribution >= 0.6 is 0 Å². The van der Waals surface area contributed by atoms with Gasteiger partial charge in [0.15, 0.2) is 0 Å². The van der Waals surface area contributed by atoms with E-state index in [1.807, 2.05) is 12.1 Å². The third-order valence-electron chi connectivity index (χ3n) is 11.6. The van der Waals surface area contributed by atoms with E-state index in [1.54, 1.807) is 0 Å². The summed E-state index contributed by atoms with van der Waals surface area (Å²) in [5, 5.41) is 4.99. The maximum Gasteiger partial charge on any atom is 0.0754 e. The van der Waals surface area contributed by atoms with Crippen LogP contribution in [0.2, 0.25) is 0 Å². The Labute approximate surface area is 309 Å². The number of fused-ring (bicyclic) bond motifs is 11. The molecule has 0 bridgehead atoms. The zero-order valence-corrected chi connectivity index (χ0v) is 29.0. The summed E-state index contributed by atoms with van der Waals surface area (Å²) in [6.45, 7) is 0. The van der Waals surface area contributed by atoms with Gasteiger partial charge in [0.25, 0.3) is 0 Å². The maximum atomic E-state index is 6.21. The minimum Gasteiger partial charge on any atom is -0.399 e. The molecule has 0 fully saturated rings. The Hall–Kier alpha value is -6.90. The number of hydrogen-bond acceptors (Lipinski definition) is 2. The second-order valence-electron chi connectivity index (χ2n) is 14.4. The van der Waals surface area contributed by atoms with Crippen molar-refractivity contribution in [3.8, 4) is 33.4 Å². The summed E-state index contributed by atoms with van der Waals surface area (Å²) < 4.78 is 0. The van der Waals surface area contributed by atoms with Crippen molar-refractivity contribution in [3.63, 3.8) is 0 Å². The second kappa shape index (κ2) is 11.3. The van der Waals surface area contributed by atoms with Crippen LogP contribution in [0.25, 0.3) is 54.9 Å². The molecule has 0 saturated carbocycles. The highest BCUT2D eigenvalue weighted by Crippen LogP contribution is 2.64. The molecule has 53 heavy (non-hydrogen) atoms. The lowest BCUT2D eigenvalue weighted by atomic mass is 9.64. The average Bonchev–Trinajstić information content (AvgIpc) is 3.50. The predicted octanol–water partition coefficient (Wildman–Crippen LogP) is 13.1. The monoisotopic (exact) mass is 674 g/mol. The standard InChI is InChI=1S/C51H34N2/c52-41-23-25-42(26-24-41)53-49-15-7-5-13-45(49)51(46-14-6-8-16-50(46)53)47-31-39(37-19-17-33-9-1-3-11-35(33)29-37)21-27-43(47)44-28-22-40(32-48(44)51)38-20-18-34-10-2-4-12-36(34)30-38/h1-32H,52H2. The van der Waals surface area contributed by atoms with E-state index in [-0.39, 0.29) is 0 Å². The van der Waals surface area contributed by atoms with Gasteiger partial charge in [-0.2, -0.15) is 0 Å². The van der Waals surface area contributed by atoms with Crippen molar-refractivity contribution in [2.45, 2.75) is 5.41 Å². The second-order valence-corrected chi connectivity index (χ2v) is 14.4. The molecule has 1 aliphatic carbocycles. The van der Waals surface area contributed by atoms with E-state index in [9.17, 15) is 0 Å². The number of nitrogen functional groups attached to an aromatic ring is 1. The Morgan fingerprint density at radius 2 is 0.755 bits per heavy atom. The van der Waals surface area contributed by atoms with E-state index in [1.165, 1.54) is 88.6 Å². The first kappa shape index (κ1) is 29.8. The topological polar surface area (TPSA) is 29.3 Å². The van der Waals surface area contributed by atoms with Gasteiger partial charge in [0.05, 0.1) is 16.8 Å². The summed E-state index contributed by atoms with van der Waals surface area (Å²) in [6.07, 6.45) is 0. The number of nitrogens with two attached hydrogens (primary N) is 1. The molecule has 248 valence electrons. The van der Waals surface area contributed by atoms with Gasteiger partial charge in [0.1, 0.15) is 0 Å². The molecule has 11 rings (SSSR count). The average molecular weight is 675 g/mol. The van der Waals surface area contributed by atoms with Gasteiger partial charge in [-0.25, -0.2) is 0 Å². The summed E-state index contributed by atoms with van der Waals surface area (Å²) in [4.78, 5) is 2.41. The third-order valence-corrected chi connectivity index (χ3v) is 11.6. The third kappa shape index (κ3) is 4.33. The lowest BCUT2D eigenvalue weighted by molar-refractivity contribution is 0.753. The lowest BCUT2D eigenvalue weighted by Gasteiger charge is -2.45. The van der Waals surface area contributed by atoms with Gasteiger partial charge in [-0.15, -0.1) is 0 Å². The van der Waals surface area contributed by atoms with Crippen molar-refractivity contribution in [2.24, 2.45) is 0 Å². The van der Waals surface area contributed by atoms with E-state index < -0.39 is 5.41 Å². The zero-order chi connectivity index (χ0) is 35.1. The van der Waals surface area contributed by atoms with Crippen LogP contribution in [-0.2, 0) is 5.41 Å². The van der Waals surface area contributed by atoms with E-state index in [0.29, 0.717) is 0 Å². The zero-order valence-electron chi connectivity index (χ0n) is 29.0. The summed E-state index contributed by atoms with van der Waals surface area (Å²) in [5.41, 5.74) is 22.4. The normalized spacial score (nSPS) is 13.5. The Balaban J connectivity index is 1.22. The molecular weight excluding hydrogens is 641 g/mol. The highest BCUT2D eigenvalue weighted by molar-refractivity contribution is 5.98. The molecule has 1 heterocycles. The van der Waals surface area contributed by atoms with Crippen LogP contribution in [0.5, 0.6) is 0 Å². The van der Waals surface area contributed by atoms with Crippen LogP contribution in [-0.4, -0.2) is 0 Å². The highest BCUT2D eigenvalue weighted by atomic mass is 15.2. The maximum absolute atomic E-state index is 6.21. The first-order valence-electron chi connectivity index (χ1n) is 18.3. The first-order chi connectivity index (χ1) is 26.2. The molecule has 9 aromatic carbocycles. The summed E-state index contributed by atoms with van der Waals surface area (Å²) >= 11 is 0. The van der Waals surface area contributed by atoms with Gasteiger partial charge in [-0.05, 0) is 138 Å². The van der Waals surface area contributed by atoms with Crippen molar-refractivity contribution >= 4 is 44.3 Å². The Morgan fingerprint density at radius 3 is 1.26 bits per heavy atom. The van der Waals surface area contributed by atoms with Crippen LogP contribution in [0.15, 0.2) is 194 Å². The summed E-state index contributed by atoms with van der Waals surface area (Å²) in [6, 6.07) is 71.4. The quantitative estimate of drug-likeness (QED) is 0.189. The number of benzene rings is 9.